The molecule has 2 aromatic rings. The fourth-order valence-electron chi connectivity index (χ4n) is 3.91. The van der Waals surface area contributed by atoms with E-state index in [2.05, 4.69) is 15.5 Å². The van der Waals surface area contributed by atoms with Crippen LogP contribution in [0.15, 0.2) is 30.5 Å². The lowest BCUT2D eigenvalue weighted by Gasteiger charge is -2.25. The van der Waals surface area contributed by atoms with Gasteiger partial charge in [-0.3, -0.25) is 9.59 Å². The fraction of sp³-hybridized carbons (Fsp3) is 0.409. The molecule has 9 nitrogen and oxygen atoms in total. The standard InChI is InChI=1S/C21H24N4O3.CH2O2/c1-14-12-23-24-18(15(14)2)16-4-6-17(7-5-16)19(26)25-10-3-8-21(9-11-25)13-22-20(27)28-21;2-1-3/h4-7,12H,3,8-11,13H2,1-2H3,(H,22,27);1H,(H,2,3). The molecule has 0 saturated carbocycles. The van der Waals surface area contributed by atoms with E-state index < -0.39 is 5.60 Å². The monoisotopic (exact) mass is 426 g/mol. The number of carboxylic acid groups (broad SMARTS) is 1. The number of aromatic nitrogens is 2. The lowest BCUT2D eigenvalue weighted by Crippen LogP contribution is -2.36. The molecule has 4 rings (SSSR count). The average molecular weight is 426 g/mol. The molecule has 1 unspecified atom stereocenters. The van der Waals surface area contributed by atoms with Crippen molar-refractivity contribution in [3.05, 3.63) is 47.2 Å². The highest BCUT2D eigenvalue weighted by Crippen LogP contribution is 2.30. The summed E-state index contributed by atoms with van der Waals surface area (Å²) in [4.78, 5) is 34.6. The number of aryl methyl sites for hydroxylation is 1. The van der Waals surface area contributed by atoms with Gasteiger partial charge in [-0.05, 0) is 49.9 Å². The van der Waals surface area contributed by atoms with Crippen LogP contribution in [0.2, 0.25) is 0 Å². The number of hydrogen-bond acceptors (Lipinski definition) is 6. The summed E-state index contributed by atoms with van der Waals surface area (Å²) >= 11 is 0. The maximum absolute atomic E-state index is 13.0. The van der Waals surface area contributed by atoms with E-state index in [1.54, 1.807) is 6.20 Å². The highest BCUT2D eigenvalue weighted by molar-refractivity contribution is 5.94. The van der Waals surface area contributed by atoms with Crippen LogP contribution in [0, 0.1) is 13.8 Å². The van der Waals surface area contributed by atoms with Crippen molar-refractivity contribution in [1.29, 1.82) is 0 Å². The first-order valence-corrected chi connectivity index (χ1v) is 10.1. The Kier molecular flexibility index (Phi) is 6.84. The molecular formula is C22H26N4O5. The number of benzene rings is 1. The number of hydrogen-bond donors (Lipinski definition) is 2. The number of amides is 2. The maximum Gasteiger partial charge on any atom is 0.407 e. The summed E-state index contributed by atoms with van der Waals surface area (Å²) in [5.74, 6) is 0.00734. The Balaban J connectivity index is 0.000000858. The van der Waals surface area contributed by atoms with Gasteiger partial charge in [-0.25, -0.2) is 4.79 Å². The largest absolute Gasteiger partial charge is 0.483 e. The number of ether oxygens (including phenoxy) is 1. The van der Waals surface area contributed by atoms with Crippen LogP contribution < -0.4 is 5.32 Å². The van der Waals surface area contributed by atoms with Crippen molar-refractivity contribution >= 4 is 18.5 Å². The molecule has 2 amide bonds. The molecule has 2 aliphatic heterocycles. The Morgan fingerprint density at radius 1 is 1.23 bits per heavy atom. The van der Waals surface area contributed by atoms with Crippen LogP contribution in [0.25, 0.3) is 11.3 Å². The van der Waals surface area contributed by atoms with Gasteiger partial charge < -0.3 is 20.1 Å². The number of nitrogens with one attached hydrogen (secondary N) is 1. The number of alkyl carbamates (subject to hydrolysis) is 1. The van der Waals surface area contributed by atoms with Crippen LogP contribution in [-0.4, -0.2) is 63.9 Å². The smallest absolute Gasteiger partial charge is 0.407 e. The van der Waals surface area contributed by atoms with Gasteiger partial charge in [-0.15, -0.1) is 0 Å². The number of rotatable bonds is 2. The zero-order valence-electron chi connectivity index (χ0n) is 17.6. The Morgan fingerprint density at radius 3 is 2.58 bits per heavy atom. The highest BCUT2D eigenvalue weighted by atomic mass is 16.6. The summed E-state index contributed by atoms with van der Waals surface area (Å²) in [6.45, 7) is 5.56. The van der Waals surface area contributed by atoms with Gasteiger partial charge in [-0.1, -0.05) is 12.1 Å². The zero-order chi connectivity index (χ0) is 22.4. The van der Waals surface area contributed by atoms with Crippen LogP contribution >= 0.6 is 0 Å². The molecule has 31 heavy (non-hydrogen) atoms. The van der Waals surface area contributed by atoms with Crippen molar-refractivity contribution in [2.75, 3.05) is 19.6 Å². The molecule has 1 aromatic carbocycles. The molecule has 2 saturated heterocycles. The van der Waals surface area contributed by atoms with Gasteiger partial charge >= 0.3 is 6.09 Å². The third-order valence-corrected chi connectivity index (χ3v) is 5.81. The van der Waals surface area contributed by atoms with Crippen LogP contribution in [0.5, 0.6) is 0 Å². The first-order chi connectivity index (χ1) is 14.9. The van der Waals surface area contributed by atoms with Gasteiger partial charge in [0.25, 0.3) is 12.4 Å². The molecule has 9 heteroatoms. The van der Waals surface area contributed by atoms with Crippen molar-refractivity contribution in [2.45, 2.75) is 38.7 Å². The minimum atomic E-state index is -0.461. The van der Waals surface area contributed by atoms with E-state index in [1.807, 2.05) is 43.0 Å². The summed E-state index contributed by atoms with van der Waals surface area (Å²) in [5.41, 5.74) is 4.16. The molecule has 1 aromatic heterocycles. The Morgan fingerprint density at radius 2 is 1.94 bits per heavy atom. The molecule has 0 radical (unpaired) electrons. The van der Waals surface area contributed by atoms with Crippen molar-refractivity contribution in [3.63, 3.8) is 0 Å². The highest BCUT2D eigenvalue weighted by Gasteiger charge is 2.41. The second kappa shape index (κ2) is 9.55. The normalized spacial score (nSPS) is 20.2. The average Bonchev–Trinajstić information content (AvgIpc) is 3.00. The molecule has 3 heterocycles. The minimum Gasteiger partial charge on any atom is -0.483 e. The summed E-state index contributed by atoms with van der Waals surface area (Å²) in [6.07, 6.45) is 3.65. The SMILES string of the molecule is Cc1cnnc(-c2ccc(C(=O)N3CCCC4(CC3)CNC(=O)O4)cc2)c1C.O=CO. The first kappa shape index (κ1) is 22.2. The van der Waals surface area contributed by atoms with E-state index in [0.717, 1.165) is 35.2 Å². The third-order valence-electron chi connectivity index (χ3n) is 5.81. The van der Waals surface area contributed by atoms with Crippen molar-refractivity contribution < 1.29 is 24.2 Å². The predicted octanol–water partition coefficient (Wildman–Crippen LogP) is 2.57. The van der Waals surface area contributed by atoms with E-state index in [1.165, 1.54) is 0 Å². The zero-order valence-corrected chi connectivity index (χ0v) is 17.6. The van der Waals surface area contributed by atoms with E-state index >= 15 is 0 Å². The Labute approximate surface area is 180 Å². The first-order valence-electron chi connectivity index (χ1n) is 10.1. The molecule has 1 spiro atoms. The molecule has 2 N–H and O–H groups in total. The van der Waals surface area contributed by atoms with Gasteiger partial charge in [-0.2, -0.15) is 10.2 Å². The Hall–Kier alpha value is -3.49. The maximum atomic E-state index is 13.0. The Bertz CT molecular complexity index is 963. The van der Waals surface area contributed by atoms with Crippen LogP contribution in [0.1, 0.15) is 40.7 Å². The molecule has 164 valence electrons. The van der Waals surface area contributed by atoms with Gasteiger partial charge in [0.1, 0.15) is 5.60 Å². The number of carbonyl (C=O) groups excluding carboxylic acids is 2. The lowest BCUT2D eigenvalue weighted by molar-refractivity contribution is -0.122. The molecule has 0 aliphatic carbocycles. The molecule has 0 bridgehead atoms. The summed E-state index contributed by atoms with van der Waals surface area (Å²) in [7, 11) is 0. The predicted molar refractivity (Wildman–Crippen MR) is 113 cm³/mol. The van der Waals surface area contributed by atoms with E-state index in [4.69, 9.17) is 14.6 Å². The number of nitrogens with zero attached hydrogens (tertiary/aromatic N) is 3. The summed E-state index contributed by atoms with van der Waals surface area (Å²) < 4.78 is 5.49. The number of likely N-dealkylation sites (tertiary alicyclic amines) is 1. The topological polar surface area (TPSA) is 122 Å². The van der Waals surface area contributed by atoms with Gasteiger partial charge in [0, 0.05) is 30.6 Å². The molecule has 1 atom stereocenters. The quantitative estimate of drug-likeness (QED) is 0.708. The number of carbonyl (C=O) groups is 3. The minimum absolute atomic E-state index is 0.00734. The van der Waals surface area contributed by atoms with Crippen LogP contribution in [-0.2, 0) is 9.53 Å². The van der Waals surface area contributed by atoms with Crippen LogP contribution in [0.4, 0.5) is 4.79 Å². The van der Waals surface area contributed by atoms with Crippen molar-refractivity contribution in [3.8, 4) is 11.3 Å². The summed E-state index contributed by atoms with van der Waals surface area (Å²) in [6, 6.07) is 7.54. The van der Waals surface area contributed by atoms with E-state index in [0.29, 0.717) is 31.6 Å². The van der Waals surface area contributed by atoms with E-state index in [9.17, 15) is 9.59 Å². The van der Waals surface area contributed by atoms with Crippen molar-refractivity contribution in [2.24, 2.45) is 0 Å². The molecule has 2 fully saturated rings. The summed E-state index contributed by atoms with van der Waals surface area (Å²) in [5, 5.41) is 17.9. The second-order valence-corrected chi connectivity index (χ2v) is 7.76. The second-order valence-electron chi connectivity index (χ2n) is 7.76. The van der Waals surface area contributed by atoms with Gasteiger partial charge in [0.05, 0.1) is 18.4 Å². The van der Waals surface area contributed by atoms with Gasteiger partial charge in [0.2, 0.25) is 0 Å². The third kappa shape index (κ3) is 4.99. The lowest BCUT2D eigenvalue weighted by atomic mass is 9.95. The van der Waals surface area contributed by atoms with Crippen molar-refractivity contribution in [1.82, 2.24) is 20.4 Å². The molecular weight excluding hydrogens is 400 g/mol. The van der Waals surface area contributed by atoms with E-state index in [-0.39, 0.29) is 18.5 Å². The fourth-order valence-corrected chi connectivity index (χ4v) is 3.91. The molecule has 2 aliphatic rings. The van der Waals surface area contributed by atoms with Gasteiger partial charge in [0.15, 0.2) is 0 Å². The van der Waals surface area contributed by atoms with Crippen LogP contribution in [0.3, 0.4) is 0 Å².